The van der Waals surface area contributed by atoms with Gasteiger partial charge in [0, 0.05) is 12.6 Å². The molecule has 0 amide bonds. The maximum atomic E-state index is 9.85. The number of phenolic OH excluding ortho intramolecular Hbond substituents is 2. The van der Waals surface area contributed by atoms with Gasteiger partial charge in [0.25, 0.3) is 0 Å². The molecule has 112 valence electrons. The van der Waals surface area contributed by atoms with Gasteiger partial charge in [0.05, 0.1) is 5.56 Å². The summed E-state index contributed by atoms with van der Waals surface area (Å²) in [5.41, 5.74) is 0.584. The molecule has 0 bridgehead atoms. The highest BCUT2D eigenvalue weighted by Crippen LogP contribution is 2.32. The van der Waals surface area contributed by atoms with Gasteiger partial charge in [-0.15, -0.1) is 0 Å². The van der Waals surface area contributed by atoms with Crippen LogP contribution < -0.4 is 5.32 Å². The SMILES string of the molecule is CC(CNC(C)c1c(O)cccc1O)CN1CCCC1. The molecule has 1 aliphatic heterocycles. The number of aromatic hydroxyl groups is 2. The summed E-state index contributed by atoms with van der Waals surface area (Å²) in [5.74, 6) is 0.859. The maximum Gasteiger partial charge on any atom is 0.124 e. The van der Waals surface area contributed by atoms with Crippen molar-refractivity contribution in [2.45, 2.75) is 32.7 Å². The van der Waals surface area contributed by atoms with Gasteiger partial charge in [0.1, 0.15) is 11.5 Å². The van der Waals surface area contributed by atoms with Gasteiger partial charge >= 0.3 is 0 Å². The predicted octanol–water partition coefficient (Wildman–Crippen LogP) is 2.48. The molecule has 2 unspecified atom stereocenters. The fourth-order valence-corrected chi connectivity index (χ4v) is 2.94. The molecule has 0 radical (unpaired) electrons. The number of rotatable bonds is 6. The van der Waals surface area contributed by atoms with Gasteiger partial charge in [0.2, 0.25) is 0 Å². The van der Waals surface area contributed by atoms with Crippen LogP contribution in [0.1, 0.15) is 38.3 Å². The summed E-state index contributed by atoms with van der Waals surface area (Å²) in [4.78, 5) is 2.51. The van der Waals surface area contributed by atoms with E-state index in [1.54, 1.807) is 18.2 Å². The zero-order valence-corrected chi connectivity index (χ0v) is 12.5. The normalized spacial score (nSPS) is 19.1. The molecule has 2 rings (SSSR count). The Balaban J connectivity index is 1.83. The van der Waals surface area contributed by atoms with Crippen molar-refractivity contribution >= 4 is 0 Å². The lowest BCUT2D eigenvalue weighted by Gasteiger charge is -2.23. The van der Waals surface area contributed by atoms with Crippen LogP contribution in [0.5, 0.6) is 11.5 Å². The average molecular weight is 278 g/mol. The molecule has 0 saturated carbocycles. The summed E-state index contributed by atoms with van der Waals surface area (Å²) in [7, 11) is 0. The fraction of sp³-hybridized carbons (Fsp3) is 0.625. The Morgan fingerprint density at radius 1 is 1.15 bits per heavy atom. The van der Waals surface area contributed by atoms with Gasteiger partial charge in [-0.2, -0.15) is 0 Å². The van der Waals surface area contributed by atoms with E-state index in [4.69, 9.17) is 0 Å². The molecule has 1 heterocycles. The second-order valence-corrected chi connectivity index (χ2v) is 5.95. The second kappa shape index (κ2) is 6.95. The third-order valence-electron chi connectivity index (χ3n) is 4.03. The lowest BCUT2D eigenvalue weighted by atomic mass is 10.0. The first kappa shape index (κ1) is 15.1. The Kier molecular flexibility index (Phi) is 5.26. The monoisotopic (exact) mass is 278 g/mol. The zero-order chi connectivity index (χ0) is 14.5. The van der Waals surface area contributed by atoms with Crippen LogP contribution >= 0.6 is 0 Å². The Morgan fingerprint density at radius 3 is 2.35 bits per heavy atom. The van der Waals surface area contributed by atoms with Crippen molar-refractivity contribution in [1.29, 1.82) is 0 Å². The molecule has 1 aromatic rings. The largest absolute Gasteiger partial charge is 0.507 e. The number of phenols is 2. The van der Waals surface area contributed by atoms with E-state index in [1.807, 2.05) is 6.92 Å². The van der Waals surface area contributed by atoms with Crippen LogP contribution in [0.3, 0.4) is 0 Å². The average Bonchev–Trinajstić information content (AvgIpc) is 2.89. The summed E-state index contributed by atoms with van der Waals surface area (Å²) in [6.07, 6.45) is 2.64. The van der Waals surface area contributed by atoms with Gasteiger partial charge in [0.15, 0.2) is 0 Å². The quantitative estimate of drug-likeness (QED) is 0.748. The van der Waals surface area contributed by atoms with E-state index in [2.05, 4.69) is 17.1 Å². The minimum atomic E-state index is -0.0581. The summed E-state index contributed by atoms with van der Waals surface area (Å²) in [5, 5.41) is 23.1. The highest BCUT2D eigenvalue weighted by molar-refractivity contribution is 5.44. The van der Waals surface area contributed by atoms with Crippen molar-refractivity contribution in [2.24, 2.45) is 5.92 Å². The van der Waals surface area contributed by atoms with Gasteiger partial charge in [-0.3, -0.25) is 0 Å². The van der Waals surface area contributed by atoms with Crippen LogP contribution in [0.25, 0.3) is 0 Å². The van der Waals surface area contributed by atoms with E-state index in [-0.39, 0.29) is 17.5 Å². The highest BCUT2D eigenvalue weighted by atomic mass is 16.3. The molecule has 1 aromatic carbocycles. The first-order chi connectivity index (χ1) is 9.58. The molecule has 4 heteroatoms. The third kappa shape index (κ3) is 3.87. The highest BCUT2D eigenvalue weighted by Gasteiger charge is 2.17. The number of hydrogen-bond acceptors (Lipinski definition) is 4. The van der Waals surface area contributed by atoms with Crippen LogP contribution in [0.15, 0.2) is 18.2 Å². The predicted molar refractivity (Wildman–Crippen MR) is 81.0 cm³/mol. The van der Waals surface area contributed by atoms with Crippen molar-refractivity contribution in [2.75, 3.05) is 26.2 Å². The number of nitrogens with one attached hydrogen (secondary N) is 1. The molecule has 2 atom stereocenters. The summed E-state index contributed by atoms with van der Waals surface area (Å²) in [6, 6.07) is 4.82. The lowest BCUT2D eigenvalue weighted by Crippen LogP contribution is -2.32. The minimum absolute atomic E-state index is 0.0581. The first-order valence-corrected chi connectivity index (χ1v) is 7.54. The summed E-state index contributed by atoms with van der Waals surface area (Å²) in [6.45, 7) is 8.65. The molecule has 4 nitrogen and oxygen atoms in total. The topological polar surface area (TPSA) is 55.7 Å². The molecule has 1 aliphatic rings. The maximum absolute atomic E-state index is 9.85. The van der Waals surface area contributed by atoms with E-state index in [0.717, 1.165) is 13.1 Å². The molecule has 0 spiro atoms. The number of hydrogen-bond donors (Lipinski definition) is 3. The lowest BCUT2D eigenvalue weighted by molar-refractivity contribution is 0.278. The van der Waals surface area contributed by atoms with Gasteiger partial charge in [-0.25, -0.2) is 0 Å². The van der Waals surface area contributed by atoms with Crippen molar-refractivity contribution in [1.82, 2.24) is 10.2 Å². The Hall–Kier alpha value is -1.26. The molecule has 3 N–H and O–H groups in total. The van der Waals surface area contributed by atoms with Crippen LogP contribution in [-0.2, 0) is 0 Å². The standard InChI is InChI=1S/C16H26N2O2/c1-12(11-18-8-3-4-9-18)10-17-13(2)16-14(19)6-5-7-15(16)20/h5-7,12-13,17,19-20H,3-4,8-11H2,1-2H3. The zero-order valence-electron chi connectivity index (χ0n) is 12.5. The Morgan fingerprint density at radius 2 is 1.75 bits per heavy atom. The van der Waals surface area contributed by atoms with Gasteiger partial charge in [-0.05, 0) is 57.5 Å². The smallest absolute Gasteiger partial charge is 0.124 e. The number of nitrogens with zero attached hydrogens (tertiary/aromatic N) is 1. The number of likely N-dealkylation sites (tertiary alicyclic amines) is 1. The molecule has 1 fully saturated rings. The van der Waals surface area contributed by atoms with E-state index >= 15 is 0 Å². The van der Waals surface area contributed by atoms with Crippen molar-refractivity contribution in [3.05, 3.63) is 23.8 Å². The van der Waals surface area contributed by atoms with Gasteiger partial charge < -0.3 is 20.4 Å². The third-order valence-corrected chi connectivity index (χ3v) is 4.03. The van der Waals surface area contributed by atoms with Gasteiger partial charge in [-0.1, -0.05) is 13.0 Å². The minimum Gasteiger partial charge on any atom is -0.507 e. The second-order valence-electron chi connectivity index (χ2n) is 5.95. The summed E-state index contributed by atoms with van der Waals surface area (Å²) < 4.78 is 0. The fourth-order valence-electron chi connectivity index (χ4n) is 2.94. The van der Waals surface area contributed by atoms with Crippen LogP contribution in [0, 0.1) is 5.92 Å². The van der Waals surface area contributed by atoms with E-state index in [9.17, 15) is 10.2 Å². The first-order valence-electron chi connectivity index (χ1n) is 7.54. The summed E-state index contributed by atoms with van der Waals surface area (Å²) >= 11 is 0. The molecule has 0 aromatic heterocycles. The van der Waals surface area contributed by atoms with Crippen LogP contribution in [0.4, 0.5) is 0 Å². The Bertz CT molecular complexity index is 410. The molecule has 1 saturated heterocycles. The van der Waals surface area contributed by atoms with Crippen molar-refractivity contribution < 1.29 is 10.2 Å². The van der Waals surface area contributed by atoms with Crippen LogP contribution in [-0.4, -0.2) is 41.3 Å². The molecular formula is C16H26N2O2. The van der Waals surface area contributed by atoms with Crippen molar-refractivity contribution in [3.63, 3.8) is 0 Å². The Labute approximate surface area is 121 Å². The van der Waals surface area contributed by atoms with Crippen molar-refractivity contribution in [3.8, 4) is 11.5 Å². The molecule has 20 heavy (non-hydrogen) atoms. The van der Waals surface area contributed by atoms with E-state index < -0.39 is 0 Å². The van der Waals surface area contributed by atoms with E-state index in [1.165, 1.54) is 25.9 Å². The molecular weight excluding hydrogens is 252 g/mol. The van der Waals surface area contributed by atoms with Crippen LogP contribution in [0.2, 0.25) is 0 Å². The molecule has 0 aliphatic carbocycles. The number of benzene rings is 1. The van der Waals surface area contributed by atoms with E-state index in [0.29, 0.717) is 11.5 Å².